The van der Waals surface area contributed by atoms with Crippen LogP contribution in [0.3, 0.4) is 0 Å². The first kappa shape index (κ1) is 15.2. The highest BCUT2D eigenvalue weighted by Gasteiger charge is 2.18. The molecule has 0 bridgehead atoms. The Labute approximate surface area is 122 Å². The molecule has 1 fully saturated rings. The molecule has 1 aliphatic rings. The summed E-state index contributed by atoms with van der Waals surface area (Å²) >= 11 is 0. The molecule has 1 aromatic heterocycles. The number of nitrogens with one attached hydrogen (secondary N) is 1. The van der Waals surface area contributed by atoms with E-state index >= 15 is 0 Å². The van der Waals surface area contributed by atoms with Crippen molar-refractivity contribution in [3.8, 4) is 0 Å². The van der Waals surface area contributed by atoms with E-state index in [2.05, 4.69) is 46.1 Å². The number of hydrogen-bond acceptors (Lipinski definition) is 5. The summed E-state index contributed by atoms with van der Waals surface area (Å²) in [4.78, 5) is 13.6. The Kier molecular flexibility index (Phi) is 5.73. The second-order valence-electron chi connectivity index (χ2n) is 5.87. The van der Waals surface area contributed by atoms with Gasteiger partial charge in [-0.25, -0.2) is 4.98 Å². The molecule has 0 atom stereocenters. The van der Waals surface area contributed by atoms with E-state index in [-0.39, 0.29) is 0 Å². The number of anilines is 1. The van der Waals surface area contributed by atoms with E-state index < -0.39 is 0 Å². The summed E-state index contributed by atoms with van der Waals surface area (Å²) < 4.78 is 0. The van der Waals surface area contributed by atoms with Crippen molar-refractivity contribution < 1.29 is 0 Å². The zero-order valence-corrected chi connectivity index (χ0v) is 13.0. The average Bonchev–Trinajstić information content (AvgIpc) is 2.44. The summed E-state index contributed by atoms with van der Waals surface area (Å²) in [6, 6.07) is 0. The fourth-order valence-corrected chi connectivity index (χ4v) is 2.74. The molecule has 2 rings (SSSR count). The van der Waals surface area contributed by atoms with Crippen LogP contribution in [-0.2, 0) is 6.54 Å². The third-order valence-electron chi connectivity index (χ3n) is 3.90. The first-order valence-electron chi connectivity index (χ1n) is 7.59. The van der Waals surface area contributed by atoms with Gasteiger partial charge in [-0.15, -0.1) is 0 Å². The van der Waals surface area contributed by atoms with Crippen LogP contribution >= 0.6 is 0 Å². The maximum Gasteiger partial charge on any atom is 0.144 e. The summed E-state index contributed by atoms with van der Waals surface area (Å²) in [6.45, 7) is 7.44. The summed E-state index contributed by atoms with van der Waals surface area (Å²) in [6.07, 6.45) is 6.32. The average molecular weight is 277 g/mol. The van der Waals surface area contributed by atoms with Gasteiger partial charge < -0.3 is 15.1 Å². The highest BCUT2D eigenvalue weighted by atomic mass is 15.1. The number of aromatic nitrogens is 2. The predicted octanol–water partition coefficient (Wildman–Crippen LogP) is 1.68. The Morgan fingerprint density at radius 1 is 1.30 bits per heavy atom. The number of hydrogen-bond donors (Lipinski definition) is 1. The first-order chi connectivity index (χ1) is 9.67. The lowest BCUT2D eigenvalue weighted by Crippen LogP contribution is -2.35. The van der Waals surface area contributed by atoms with Gasteiger partial charge in [0.25, 0.3) is 0 Å². The van der Waals surface area contributed by atoms with Crippen LogP contribution in [0.15, 0.2) is 12.4 Å². The van der Waals surface area contributed by atoms with E-state index in [1.807, 2.05) is 12.4 Å². The normalized spacial score (nSPS) is 17.6. The third kappa shape index (κ3) is 4.72. The standard InChI is InChI=1S/C15H27N5/c1-4-16-15-10-17-14(9-18-15)12-20(3)11-13-5-7-19(2)8-6-13/h9-10,13H,4-8,11-12H2,1-3H3,(H,16,18). The van der Waals surface area contributed by atoms with E-state index in [1.54, 1.807) is 0 Å². The fraction of sp³-hybridized carbons (Fsp3) is 0.733. The van der Waals surface area contributed by atoms with Gasteiger partial charge in [0, 0.05) is 19.6 Å². The maximum absolute atomic E-state index is 4.47. The smallest absolute Gasteiger partial charge is 0.144 e. The summed E-state index contributed by atoms with van der Waals surface area (Å²) in [7, 11) is 4.39. The van der Waals surface area contributed by atoms with Gasteiger partial charge in [0.1, 0.15) is 5.82 Å². The highest BCUT2D eigenvalue weighted by molar-refractivity contribution is 5.30. The van der Waals surface area contributed by atoms with Crippen LogP contribution in [0.4, 0.5) is 5.82 Å². The Bertz CT molecular complexity index is 384. The second kappa shape index (κ2) is 7.55. The molecule has 1 aliphatic heterocycles. The Morgan fingerprint density at radius 2 is 2.05 bits per heavy atom. The molecule has 2 heterocycles. The van der Waals surface area contributed by atoms with Gasteiger partial charge in [0.15, 0.2) is 0 Å². The number of rotatable bonds is 6. The molecule has 0 radical (unpaired) electrons. The molecule has 5 nitrogen and oxygen atoms in total. The van der Waals surface area contributed by atoms with Gasteiger partial charge in [0.05, 0.1) is 18.1 Å². The van der Waals surface area contributed by atoms with Crippen molar-refractivity contribution in [2.75, 3.05) is 45.6 Å². The SMILES string of the molecule is CCNc1cnc(CN(C)CC2CCN(C)CC2)cn1. The molecule has 0 spiro atoms. The second-order valence-corrected chi connectivity index (χ2v) is 5.87. The summed E-state index contributed by atoms with van der Waals surface area (Å²) in [5.74, 6) is 1.68. The van der Waals surface area contributed by atoms with Crippen molar-refractivity contribution in [3.05, 3.63) is 18.1 Å². The van der Waals surface area contributed by atoms with Crippen molar-refractivity contribution in [2.24, 2.45) is 5.92 Å². The molecule has 0 amide bonds. The molecule has 0 aliphatic carbocycles. The van der Waals surface area contributed by atoms with Crippen LogP contribution in [-0.4, -0.2) is 60.0 Å². The van der Waals surface area contributed by atoms with Crippen LogP contribution in [0.5, 0.6) is 0 Å². The number of likely N-dealkylation sites (tertiary alicyclic amines) is 1. The predicted molar refractivity (Wildman–Crippen MR) is 82.8 cm³/mol. The van der Waals surface area contributed by atoms with Crippen molar-refractivity contribution in [1.29, 1.82) is 0 Å². The summed E-state index contributed by atoms with van der Waals surface area (Å²) in [5, 5.41) is 3.17. The minimum absolute atomic E-state index is 0.824. The molecule has 20 heavy (non-hydrogen) atoms. The number of nitrogens with zero attached hydrogens (tertiary/aromatic N) is 4. The van der Waals surface area contributed by atoms with Gasteiger partial charge in [-0.3, -0.25) is 4.98 Å². The molecule has 0 unspecified atom stereocenters. The van der Waals surface area contributed by atoms with Gasteiger partial charge in [-0.1, -0.05) is 0 Å². The number of piperidine rings is 1. The maximum atomic E-state index is 4.47. The van der Waals surface area contributed by atoms with Gasteiger partial charge in [-0.2, -0.15) is 0 Å². The molecular weight excluding hydrogens is 250 g/mol. The van der Waals surface area contributed by atoms with Crippen molar-refractivity contribution in [3.63, 3.8) is 0 Å². The lowest BCUT2D eigenvalue weighted by Gasteiger charge is -2.31. The van der Waals surface area contributed by atoms with E-state index in [1.165, 1.54) is 25.9 Å². The molecule has 0 aromatic carbocycles. The minimum atomic E-state index is 0.824. The molecule has 112 valence electrons. The van der Waals surface area contributed by atoms with Gasteiger partial charge >= 0.3 is 0 Å². The van der Waals surface area contributed by atoms with Gasteiger partial charge in [-0.05, 0) is 52.9 Å². The van der Waals surface area contributed by atoms with E-state index in [9.17, 15) is 0 Å². The molecule has 1 aromatic rings. The molecule has 1 N–H and O–H groups in total. The van der Waals surface area contributed by atoms with Crippen LogP contribution < -0.4 is 5.32 Å². The third-order valence-corrected chi connectivity index (χ3v) is 3.90. The Morgan fingerprint density at radius 3 is 2.65 bits per heavy atom. The minimum Gasteiger partial charge on any atom is -0.369 e. The molecule has 1 saturated heterocycles. The van der Waals surface area contributed by atoms with Crippen molar-refractivity contribution >= 4 is 5.82 Å². The summed E-state index contributed by atoms with van der Waals surface area (Å²) in [5.41, 5.74) is 1.04. The van der Waals surface area contributed by atoms with Gasteiger partial charge in [0.2, 0.25) is 0 Å². The van der Waals surface area contributed by atoms with Crippen LogP contribution in [0.25, 0.3) is 0 Å². The first-order valence-corrected chi connectivity index (χ1v) is 7.59. The topological polar surface area (TPSA) is 44.3 Å². The lowest BCUT2D eigenvalue weighted by molar-refractivity contribution is 0.172. The zero-order valence-electron chi connectivity index (χ0n) is 13.0. The zero-order chi connectivity index (χ0) is 14.4. The van der Waals surface area contributed by atoms with Crippen LogP contribution in [0, 0.1) is 5.92 Å². The van der Waals surface area contributed by atoms with E-state index in [4.69, 9.17) is 0 Å². The molecular formula is C15H27N5. The fourth-order valence-electron chi connectivity index (χ4n) is 2.74. The van der Waals surface area contributed by atoms with Crippen LogP contribution in [0.1, 0.15) is 25.5 Å². The largest absolute Gasteiger partial charge is 0.369 e. The Hall–Kier alpha value is -1.20. The van der Waals surface area contributed by atoms with E-state index in [0.29, 0.717) is 0 Å². The van der Waals surface area contributed by atoms with Crippen molar-refractivity contribution in [2.45, 2.75) is 26.3 Å². The lowest BCUT2D eigenvalue weighted by atomic mass is 9.97. The quantitative estimate of drug-likeness (QED) is 0.857. The monoisotopic (exact) mass is 277 g/mol. The highest BCUT2D eigenvalue weighted by Crippen LogP contribution is 2.17. The Balaban J connectivity index is 1.77. The van der Waals surface area contributed by atoms with E-state index in [0.717, 1.165) is 37.1 Å². The molecule has 5 heteroatoms. The van der Waals surface area contributed by atoms with Crippen molar-refractivity contribution in [1.82, 2.24) is 19.8 Å². The van der Waals surface area contributed by atoms with Crippen LogP contribution in [0.2, 0.25) is 0 Å². The molecule has 0 saturated carbocycles.